The Balaban J connectivity index is 1.37. The molecule has 0 spiro atoms. The van der Waals surface area contributed by atoms with Gasteiger partial charge in [-0.15, -0.1) is 0 Å². The van der Waals surface area contributed by atoms with Crippen LogP contribution in [0.3, 0.4) is 0 Å². The SMILES string of the molecule is O=C(Cn1nc2c(cc1=O)CCCCC2)NCCn1cnc2ccccc21. The molecule has 1 aliphatic rings. The van der Waals surface area contributed by atoms with Gasteiger partial charge in [0, 0.05) is 19.2 Å². The van der Waals surface area contributed by atoms with Crippen LogP contribution >= 0.6 is 0 Å². The van der Waals surface area contributed by atoms with E-state index < -0.39 is 0 Å². The van der Waals surface area contributed by atoms with Gasteiger partial charge >= 0.3 is 0 Å². The van der Waals surface area contributed by atoms with Gasteiger partial charge in [-0.2, -0.15) is 5.10 Å². The fourth-order valence-corrected chi connectivity index (χ4v) is 3.59. The molecule has 0 bridgehead atoms. The maximum atomic E-state index is 12.3. The van der Waals surface area contributed by atoms with Gasteiger partial charge in [-0.3, -0.25) is 9.59 Å². The molecule has 2 heterocycles. The molecule has 0 aliphatic heterocycles. The molecule has 0 saturated carbocycles. The van der Waals surface area contributed by atoms with Crippen molar-refractivity contribution >= 4 is 16.9 Å². The topological polar surface area (TPSA) is 81.8 Å². The van der Waals surface area contributed by atoms with Crippen LogP contribution in [0.2, 0.25) is 0 Å². The van der Waals surface area contributed by atoms with Crippen molar-refractivity contribution in [2.45, 2.75) is 45.2 Å². The zero-order valence-corrected chi connectivity index (χ0v) is 15.2. The van der Waals surface area contributed by atoms with E-state index in [4.69, 9.17) is 0 Å². The minimum Gasteiger partial charge on any atom is -0.353 e. The van der Waals surface area contributed by atoms with Gasteiger partial charge in [0.15, 0.2) is 0 Å². The maximum absolute atomic E-state index is 12.3. The number of carbonyl (C=O) groups excluding carboxylic acids is 1. The van der Waals surface area contributed by atoms with Crippen LogP contribution < -0.4 is 10.9 Å². The molecule has 7 nitrogen and oxygen atoms in total. The first kappa shape index (κ1) is 17.5. The van der Waals surface area contributed by atoms with Crippen molar-refractivity contribution in [1.29, 1.82) is 0 Å². The zero-order valence-electron chi connectivity index (χ0n) is 15.2. The molecule has 0 unspecified atom stereocenters. The number of rotatable bonds is 5. The van der Waals surface area contributed by atoms with Crippen molar-refractivity contribution in [3.8, 4) is 0 Å². The Kier molecular flexibility index (Phi) is 5.00. The van der Waals surface area contributed by atoms with Gasteiger partial charge in [0.25, 0.3) is 5.56 Å². The van der Waals surface area contributed by atoms with Gasteiger partial charge in [0.2, 0.25) is 5.91 Å². The van der Waals surface area contributed by atoms with E-state index in [-0.39, 0.29) is 18.0 Å². The summed E-state index contributed by atoms with van der Waals surface area (Å²) in [6, 6.07) is 9.53. The first-order valence-corrected chi connectivity index (χ1v) is 9.47. The number of fused-ring (bicyclic) bond motifs is 2. The van der Waals surface area contributed by atoms with Crippen molar-refractivity contribution in [2.24, 2.45) is 0 Å². The molecule has 0 saturated heterocycles. The second-order valence-electron chi connectivity index (χ2n) is 6.95. The van der Waals surface area contributed by atoms with E-state index in [1.54, 1.807) is 12.4 Å². The van der Waals surface area contributed by atoms with Crippen molar-refractivity contribution < 1.29 is 4.79 Å². The maximum Gasteiger partial charge on any atom is 0.267 e. The largest absolute Gasteiger partial charge is 0.353 e. The molecule has 1 amide bonds. The first-order valence-electron chi connectivity index (χ1n) is 9.47. The summed E-state index contributed by atoms with van der Waals surface area (Å²) in [5, 5.41) is 7.31. The molecule has 2 aromatic heterocycles. The Morgan fingerprint density at radius 2 is 2.00 bits per heavy atom. The number of nitrogens with one attached hydrogen (secondary N) is 1. The second-order valence-corrected chi connectivity index (χ2v) is 6.95. The molecule has 1 aromatic carbocycles. The van der Waals surface area contributed by atoms with Crippen molar-refractivity contribution in [2.75, 3.05) is 6.54 Å². The minimum absolute atomic E-state index is 0.0449. The highest BCUT2D eigenvalue weighted by atomic mass is 16.2. The summed E-state index contributed by atoms with van der Waals surface area (Å²) < 4.78 is 3.29. The van der Waals surface area contributed by atoms with Crippen molar-refractivity contribution in [3.05, 3.63) is 58.3 Å². The molecule has 1 aliphatic carbocycles. The fourth-order valence-electron chi connectivity index (χ4n) is 3.59. The van der Waals surface area contributed by atoms with Crippen molar-refractivity contribution in [1.82, 2.24) is 24.6 Å². The second kappa shape index (κ2) is 7.73. The van der Waals surface area contributed by atoms with Crippen LogP contribution in [0.25, 0.3) is 11.0 Å². The van der Waals surface area contributed by atoms with Gasteiger partial charge in [0.1, 0.15) is 6.54 Å². The third-order valence-corrected chi connectivity index (χ3v) is 5.02. The Morgan fingerprint density at radius 3 is 2.93 bits per heavy atom. The van der Waals surface area contributed by atoms with Crippen LogP contribution in [0.5, 0.6) is 0 Å². The third-order valence-electron chi connectivity index (χ3n) is 5.02. The highest BCUT2D eigenvalue weighted by Crippen LogP contribution is 2.16. The lowest BCUT2D eigenvalue weighted by atomic mass is 10.1. The molecule has 0 radical (unpaired) electrons. The lowest BCUT2D eigenvalue weighted by Crippen LogP contribution is -2.35. The smallest absolute Gasteiger partial charge is 0.267 e. The first-order chi connectivity index (χ1) is 13.2. The summed E-state index contributed by atoms with van der Waals surface area (Å²) in [6.45, 7) is 1.05. The quantitative estimate of drug-likeness (QED) is 0.698. The number of aromatic nitrogens is 4. The van der Waals surface area contributed by atoms with Crippen LogP contribution in [0, 0.1) is 0 Å². The summed E-state index contributed by atoms with van der Waals surface area (Å²) in [6.07, 6.45) is 6.91. The van der Waals surface area contributed by atoms with E-state index in [1.807, 2.05) is 28.8 Å². The Bertz CT molecular complexity index is 1020. The average Bonchev–Trinajstić information content (AvgIpc) is 2.94. The number of para-hydroxylation sites is 2. The summed E-state index contributed by atoms with van der Waals surface area (Å²) in [7, 11) is 0. The van der Waals surface area contributed by atoms with Gasteiger partial charge in [-0.1, -0.05) is 18.6 Å². The number of hydrogen-bond donors (Lipinski definition) is 1. The van der Waals surface area contributed by atoms with Gasteiger partial charge in [-0.25, -0.2) is 9.67 Å². The number of imidazole rings is 1. The molecule has 7 heteroatoms. The molecular weight excluding hydrogens is 342 g/mol. The minimum atomic E-state index is -0.206. The summed E-state index contributed by atoms with van der Waals surface area (Å²) in [4.78, 5) is 28.9. The Labute approximate surface area is 157 Å². The van der Waals surface area contributed by atoms with Gasteiger partial charge in [0.05, 0.1) is 23.1 Å². The molecule has 3 aromatic rings. The summed E-state index contributed by atoms with van der Waals surface area (Å²) in [5.41, 5.74) is 3.78. The zero-order chi connectivity index (χ0) is 18.6. The molecule has 4 rings (SSSR count). The van der Waals surface area contributed by atoms with Crippen LogP contribution in [0.1, 0.15) is 30.5 Å². The lowest BCUT2D eigenvalue weighted by molar-refractivity contribution is -0.121. The van der Waals surface area contributed by atoms with Gasteiger partial charge in [-0.05, 0) is 43.4 Å². The van der Waals surface area contributed by atoms with E-state index >= 15 is 0 Å². The lowest BCUT2D eigenvalue weighted by Gasteiger charge is -2.10. The van der Waals surface area contributed by atoms with Crippen LogP contribution in [-0.4, -0.2) is 31.8 Å². The third kappa shape index (κ3) is 3.92. The summed E-state index contributed by atoms with van der Waals surface area (Å²) in [5.74, 6) is -0.206. The number of carbonyl (C=O) groups is 1. The van der Waals surface area contributed by atoms with Gasteiger partial charge < -0.3 is 9.88 Å². The highest BCUT2D eigenvalue weighted by Gasteiger charge is 2.13. The van der Waals surface area contributed by atoms with E-state index in [1.165, 1.54) is 4.68 Å². The number of amides is 1. The standard InChI is InChI=1S/C20H23N5O2/c26-19(21-10-11-24-14-22-17-8-4-5-9-18(17)24)13-25-20(27)12-15-6-2-1-3-7-16(15)23-25/h4-5,8-9,12,14H,1-3,6-7,10-11,13H2,(H,21,26). The average molecular weight is 365 g/mol. The van der Waals surface area contributed by atoms with E-state index in [9.17, 15) is 9.59 Å². The fraction of sp³-hybridized carbons (Fsp3) is 0.400. The molecule has 1 N–H and O–H groups in total. The number of benzene rings is 1. The van der Waals surface area contributed by atoms with Crippen molar-refractivity contribution in [3.63, 3.8) is 0 Å². The number of nitrogens with zero attached hydrogens (tertiary/aromatic N) is 4. The Hall–Kier alpha value is -2.96. The summed E-state index contributed by atoms with van der Waals surface area (Å²) >= 11 is 0. The normalized spacial score (nSPS) is 13.9. The number of hydrogen-bond acceptors (Lipinski definition) is 4. The molecular formula is C20H23N5O2. The van der Waals surface area contributed by atoms with E-state index in [2.05, 4.69) is 15.4 Å². The molecule has 27 heavy (non-hydrogen) atoms. The monoisotopic (exact) mass is 365 g/mol. The van der Waals surface area contributed by atoms with E-state index in [0.717, 1.165) is 54.4 Å². The van der Waals surface area contributed by atoms with Crippen LogP contribution in [-0.2, 0) is 30.7 Å². The van der Waals surface area contributed by atoms with Crippen LogP contribution in [0.15, 0.2) is 41.5 Å². The molecule has 0 fully saturated rings. The van der Waals surface area contributed by atoms with E-state index in [0.29, 0.717) is 13.1 Å². The molecule has 0 atom stereocenters. The predicted octanol–water partition coefficient (Wildman–Crippen LogP) is 1.68. The number of aryl methyl sites for hydroxylation is 2. The predicted molar refractivity (Wildman–Crippen MR) is 102 cm³/mol. The van der Waals surface area contributed by atoms with Crippen LogP contribution in [0.4, 0.5) is 0 Å². The Morgan fingerprint density at radius 1 is 1.15 bits per heavy atom. The molecule has 140 valence electrons. The highest BCUT2D eigenvalue weighted by molar-refractivity contribution is 5.76.